The fraction of sp³-hybridized carbons (Fsp3) is 0.778. The summed E-state index contributed by atoms with van der Waals surface area (Å²) in [6.07, 6.45) is 10.7. The van der Waals surface area contributed by atoms with Crippen LogP contribution in [0, 0.1) is 5.92 Å². The van der Waals surface area contributed by atoms with Gasteiger partial charge in [-0.3, -0.25) is 9.59 Å². The molecule has 4 N–H and O–H groups in total. The zero-order valence-electron chi connectivity index (χ0n) is 14.4. The van der Waals surface area contributed by atoms with Crippen LogP contribution in [0.4, 0.5) is 0 Å². The van der Waals surface area contributed by atoms with E-state index in [9.17, 15) is 9.59 Å². The van der Waals surface area contributed by atoms with Gasteiger partial charge in [0, 0.05) is 11.6 Å². The minimum absolute atomic E-state index is 0.0554. The Kier molecular flexibility index (Phi) is 6.22. The van der Waals surface area contributed by atoms with Crippen LogP contribution >= 0.6 is 0 Å². The van der Waals surface area contributed by atoms with E-state index in [0.717, 1.165) is 44.9 Å². The van der Waals surface area contributed by atoms with E-state index in [1.165, 1.54) is 12.0 Å². The minimum Gasteiger partial charge on any atom is -0.353 e. The number of amides is 2. The number of hydrogen-bond acceptors (Lipinski definition) is 3. The number of allylic oxidation sites excluding steroid dienone is 2. The van der Waals surface area contributed by atoms with Crippen LogP contribution in [0.15, 0.2) is 11.6 Å². The molecular formula is C18H31N3O2. The van der Waals surface area contributed by atoms with Gasteiger partial charge in [0.25, 0.3) is 0 Å². The first-order valence-corrected chi connectivity index (χ1v) is 8.95. The summed E-state index contributed by atoms with van der Waals surface area (Å²) in [6.45, 7) is 4.26. The number of nitrogens with two attached hydrogens (primary N) is 1. The lowest BCUT2D eigenvalue weighted by Crippen LogP contribution is -2.48. The third-order valence-electron chi connectivity index (χ3n) is 5.44. The highest BCUT2D eigenvalue weighted by molar-refractivity contribution is 5.81. The van der Waals surface area contributed by atoms with Crippen LogP contribution in [0.25, 0.3) is 0 Å². The molecule has 0 saturated heterocycles. The second-order valence-corrected chi connectivity index (χ2v) is 7.34. The Bertz CT molecular complexity index is 463. The first-order valence-electron chi connectivity index (χ1n) is 8.95. The van der Waals surface area contributed by atoms with Crippen LogP contribution < -0.4 is 16.4 Å². The van der Waals surface area contributed by atoms with E-state index in [4.69, 9.17) is 5.73 Å². The number of nitrogens with one attached hydrogen (secondary N) is 2. The maximum atomic E-state index is 12.3. The SMILES string of the molecule is CCCC1(NC=O)CC(C)C(NC(=O)C(N)CCC2=CCC2)C1. The molecule has 2 rings (SSSR count). The minimum atomic E-state index is -0.441. The quantitative estimate of drug-likeness (QED) is 0.449. The molecule has 0 aromatic rings. The lowest BCUT2D eigenvalue weighted by Gasteiger charge is -2.28. The van der Waals surface area contributed by atoms with Crippen molar-refractivity contribution in [3.63, 3.8) is 0 Å². The highest BCUT2D eigenvalue weighted by atomic mass is 16.2. The van der Waals surface area contributed by atoms with Gasteiger partial charge in [-0.1, -0.05) is 31.9 Å². The van der Waals surface area contributed by atoms with Crippen molar-refractivity contribution in [3.05, 3.63) is 11.6 Å². The summed E-state index contributed by atoms with van der Waals surface area (Å²) in [5.41, 5.74) is 7.30. The van der Waals surface area contributed by atoms with Gasteiger partial charge in [-0.15, -0.1) is 0 Å². The fourth-order valence-corrected chi connectivity index (χ4v) is 3.99. The van der Waals surface area contributed by atoms with Crippen LogP contribution in [0.5, 0.6) is 0 Å². The average molecular weight is 321 g/mol. The molecule has 1 saturated carbocycles. The molecule has 1 fully saturated rings. The lowest BCUT2D eigenvalue weighted by molar-refractivity contribution is -0.123. The van der Waals surface area contributed by atoms with Crippen molar-refractivity contribution < 1.29 is 9.59 Å². The molecule has 0 bridgehead atoms. The molecule has 2 aliphatic rings. The summed E-state index contributed by atoms with van der Waals surface area (Å²) in [7, 11) is 0. The summed E-state index contributed by atoms with van der Waals surface area (Å²) >= 11 is 0. The molecule has 0 heterocycles. The molecule has 4 unspecified atom stereocenters. The van der Waals surface area contributed by atoms with Crippen molar-refractivity contribution in [2.75, 3.05) is 0 Å². The van der Waals surface area contributed by atoms with E-state index in [1.54, 1.807) is 0 Å². The molecule has 4 atom stereocenters. The molecule has 5 heteroatoms. The van der Waals surface area contributed by atoms with Gasteiger partial charge in [-0.2, -0.15) is 0 Å². The topological polar surface area (TPSA) is 84.2 Å². The summed E-state index contributed by atoms with van der Waals surface area (Å²) in [6, 6.07) is -0.348. The predicted molar refractivity (Wildman–Crippen MR) is 91.7 cm³/mol. The van der Waals surface area contributed by atoms with Crippen molar-refractivity contribution in [3.8, 4) is 0 Å². The average Bonchev–Trinajstić information content (AvgIpc) is 2.73. The maximum Gasteiger partial charge on any atom is 0.237 e. The van der Waals surface area contributed by atoms with E-state index >= 15 is 0 Å². The molecular weight excluding hydrogens is 290 g/mol. The van der Waals surface area contributed by atoms with Crippen molar-refractivity contribution in [2.45, 2.75) is 82.8 Å². The van der Waals surface area contributed by atoms with Crippen LogP contribution in [0.1, 0.15) is 65.2 Å². The molecule has 130 valence electrons. The first-order chi connectivity index (χ1) is 11.0. The predicted octanol–water partition coefficient (Wildman–Crippen LogP) is 2.01. The Labute approximate surface area is 139 Å². The van der Waals surface area contributed by atoms with Crippen LogP contribution in [-0.4, -0.2) is 29.9 Å². The van der Waals surface area contributed by atoms with Crippen LogP contribution in [-0.2, 0) is 9.59 Å². The number of carbonyl (C=O) groups excluding carboxylic acids is 2. The highest BCUT2D eigenvalue weighted by Crippen LogP contribution is 2.37. The summed E-state index contributed by atoms with van der Waals surface area (Å²) in [5, 5.41) is 6.13. The van der Waals surface area contributed by atoms with Gasteiger partial charge in [-0.25, -0.2) is 0 Å². The first kappa shape index (κ1) is 18.0. The smallest absolute Gasteiger partial charge is 0.237 e. The number of hydrogen-bond donors (Lipinski definition) is 3. The van der Waals surface area contributed by atoms with Crippen LogP contribution in [0.2, 0.25) is 0 Å². The standard InChI is InChI=1S/C18H31N3O2/c1-3-9-18(20-12-22)10-13(2)16(11-18)21-17(23)15(19)8-7-14-5-4-6-14/h5,12-13,15-16H,3-4,6-11,19H2,1-2H3,(H,20,22)(H,21,23). The molecule has 2 amide bonds. The second kappa shape index (κ2) is 7.95. The molecule has 5 nitrogen and oxygen atoms in total. The molecule has 0 radical (unpaired) electrons. The Balaban J connectivity index is 1.85. The summed E-state index contributed by atoms with van der Waals surface area (Å²) in [4.78, 5) is 23.3. The lowest BCUT2D eigenvalue weighted by atomic mass is 9.91. The van der Waals surface area contributed by atoms with E-state index < -0.39 is 6.04 Å². The van der Waals surface area contributed by atoms with Gasteiger partial charge in [0.1, 0.15) is 0 Å². The zero-order chi connectivity index (χ0) is 16.9. The molecule has 2 aliphatic carbocycles. The number of carbonyl (C=O) groups is 2. The third kappa shape index (κ3) is 4.56. The summed E-state index contributed by atoms with van der Waals surface area (Å²) in [5.74, 6) is 0.291. The van der Waals surface area contributed by atoms with E-state index in [1.807, 2.05) is 0 Å². The zero-order valence-corrected chi connectivity index (χ0v) is 14.4. The Morgan fingerprint density at radius 1 is 1.52 bits per heavy atom. The highest BCUT2D eigenvalue weighted by Gasteiger charge is 2.43. The van der Waals surface area contributed by atoms with Gasteiger partial charge in [0.2, 0.25) is 12.3 Å². The Hall–Kier alpha value is -1.36. The van der Waals surface area contributed by atoms with Crippen molar-refractivity contribution in [1.82, 2.24) is 10.6 Å². The number of rotatable bonds is 9. The van der Waals surface area contributed by atoms with E-state index in [0.29, 0.717) is 12.3 Å². The van der Waals surface area contributed by atoms with Gasteiger partial charge in [0.15, 0.2) is 0 Å². The molecule has 23 heavy (non-hydrogen) atoms. The van der Waals surface area contributed by atoms with Crippen molar-refractivity contribution in [2.24, 2.45) is 11.7 Å². The fourth-order valence-electron chi connectivity index (χ4n) is 3.99. The van der Waals surface area contributed by atoms with Gasteiger partial charge in [-0.05, 0) is 50.9 Å². The van der Waals surface area contributed by atoms with Crippen LogP contribution in [0.3, 0.4) is 0 Å². The van der Waals surface area contributed by atoms with E-state index in [2.05, 4.69) is 30.6 Å². The van der Waals surface area contributed by atoms with Crippen molar-refractivity contribution in [1.29, 1.82) is 0 Å². The maximum absolute atomic E-state index is 12.3. The van der Waals surface area contributed by atoms with Gasteiger partial charge < -0.3 is 16.4 Å². The second-order valence-electron chi connectivity index (χ2n) is 7.34. The molecule has 0 aliphatic heterocycles. The monoisotopic (exact) mass is 321 g/mol. The molecule has 0 aromatic heterocycles. The Morgan fingerprint density at radius 2 is 2.26 bits per heavy atom. The normalized spacial score (nSPS) is 31.0. The molecule has 0 aromatic carbocycles. The van der Waals surface area contributed by atoms with Gasteiger partial charge in [0.05, 0.1) is 6.04 Å². The third-order valence-corrected chi connectivity index (χ3v) is 5.44. The van der Waals surface area contributed by atoms with Gasteiger partial charge >= 0.3 is 0 Å². The Morgan fingerprint density at radius 3 is 2.83 bits per heavy atom. The summed E-state index contributed by atoms with van der Waals surface area (Å²) < 4.78 is 0. The van der Waals surface area contributed by atoms with E-state index in [-0.39, 0.29) is 17.5 Å². The van der Waals surface area contributed by atoms with Crippen molar-refractivity contribution >= 4 is 12.3 Å². The molecule has 0 spiro atoms. The largest absolute Gasteiger partial charge is 0.353 e.